The van der Waals surface area contributed by atoms with Crippen LogP contribution in [0.5, 0.6) is 0 Å². The second-order valence-corrected chi connectivity index (χ2v) is 9.32. The number of benzene rings is 4. The topological polar surface area (TPSA) is 58.1 Å². The molecule has 0 aliphatic carbocycles. The molecule has 0 fully saturated rings. The molecular weight excluding hydrogens is 480 g/mol. The third kappa shape index (κ3) is 5.79. The highest BCUT2D eigenvalue weighted by molar-refractivity contribution is 6.30. The van der Waals surface area contributed by atoms with Crippen LogP contribution in [0.15, 0.2) is 103 Å². The number of halogens is 1. The molecule has 37 heavy (non-hydrogen) atoms. The summed E-state index contributed by atoms with van der Waals surface area (Å²) in [6.07, 6.45) is 2.45. The first-order valence-corrected chi connectivity index (χ1v) is 12.7. The van der Waals surface area contributed by atoms with Crippen molar-refractivity contribution in [2.24, 2.45) is 0 Å². The Labute approximate surface area is 221 Å². The van der Waals surface area contributed by atoms with Crippen molar-refractivity contribution >= 4 is 39.9 Å². The lowest BCUT2D eigenvalue weighted by atomic mass is 10.0. The number of aromatic nitrogens is 2. The van der Waals surface area contributed by atoms with Crippen molar-refractivity contribution < 1.29 is 4.79 Å². The maximum Gasteiger partial charge on any atom is 0.254 e. The van der Waals surface area contributed by atoms with Crippen LogP contribution in [0.4, 0.5) is 11.5 Å². The smallest absolute Gasteiger partial charge is 0.254 e. The Morgan fingerprint density at radius 3 is 2.43 bits per heavy atom. The van der Waals surface area contributed by atoms with Crippen molar-refractivity contribution in [2.75, 3.05) is 11.9 Å². The van der Waals surface area contributed by atoms with Gasteiger partial charge in [0.05, 0.1) is 5.52 Å². The Morgan fingerprint density at radius 2 is 1.65 bits per heavy atom. The Hall–Kier alpha value is -4.22. The molecule has 0 atom stereocenters. The number of hydrogen-bond acceptors (Lipinski definition) is 4. The second kappa shape index (κ2) is 11.2. The first-order valence-electron chi connectivity index (χ1n) is 12.3. The van der Waals surface area contributed by atoms with E-state index >= 15 is 0 Å². The summed E-state index contributed by atoms with van der Waals surface area (Å²) >= 11 is 6.01. The summed E-state index contributed by atoms with van der Waals surface area (Å²) in [6.45, 7) is 3.28. The van der Waals surface area contributed by atoms with Gasteiger partial charge >= 0.3 is 0 Å². The fraction of sp³-hybridized carbons (Fsp3) is 0.129. The highest BCUT2D eigenvalue weighted by atomic mass is 35.5. The molecule has 0 spiro atoms. The molecule has 0 saturated heterocycles. The van der Waals surface area contributed by atoms with E-state index in [2.05, 4.69) is 52.5 Å². The summed E-state index contributed by atoms with van der Waals surface area (Å²) in [5.41, 5.74) is 5.69. The van der Waals surface area contributed by atoms with E-state index in [9.17, 15) is 4.79 Å². The standard InChI is InChI=1S/C31H27ClN4O/c1-2-17-36(31(37)23-11-14-26(32)15-12-23)20-22-7-6-8-24(18-22)25-13-16-29-28(19-25)30(34-21-33-29)35-27-9-4-3-5-10-27/h3-16,18-19,21H,2,17,20H2,1H3,(H,33,34,35). The van der Waals surface area contributed by atoms with Crippen molar-refractivity contribution in [3.8, 4) is 11.1 Å². The van der Waals surface area contributed by atoms with Gasteiger partial charge < -0.3 is 10.2 Å². The van der Waals surface area contributed by atoms with Gasteiger partial charge in [-0.2, -0.15) is 0 Å². The van der Waals surface area contributed by atoms with E-state index in [1.165, 1.54) is 0 Å². The number of para-hydroxylation sites is 1. The number of anilines is 2. The van der Waals surface area contributed by atoms with Gasteiger partial charge in [0.1, 0.15) is 12.1 Å². The maximum atomic E-state index is 13.2. The number of nitrogens with one attached hydrogen (secondary N) is 1. The minimum Gasteiger partial charge on any atom is -0.340 e. The molecule has 0 bridgehead atoms. The summed E-state index contributed by atoms with van der Waals surface area (Å²) in [6, 6.07) is 31.6. The average molecular weight is 507 g/mol. The van der Waals surface area contributed by atoms with Crippen LogP contribution in [-0.2, 0) is 6.54 Å². The van der Waals surface area contributed by atoms with Gasteiger partial charge in [0.25, 0.3) is 5.91 Å². The van der Waals surface area contributed by atoms with E-state index < -0.39 is 0 Å². The lowest BCUT2D eigenvalue weighted by molar-refractivity contribution is 0.0743. The van der Waals surface area contributed by atoms with E-state index in [1.807, 2.05) is 47.4 Å². The summed E-state index contributed by atoms with van der Waals surface area (Å²) in [4.78, 5) is 24.0. The lowest BCUT2D eigenvalue weighted by Crippen LogP contribution is -2.31. The molecule has 0 saturated carbocycles. The summed E-state index contributed by atoms with van der Waals surface area (Å²) in [5.74, 6) is 0.764. The Morgan fingerprint density at radius 1 is 0.865 bits per heavy atom. The second-order valence-electron chi connectivity index (χ2n) is 8.88. The molecule has 5 rings (SSSR count). The Balaban J connectivity index is 1.43. The number of amides is 1. The molecular formula is C31H27ClN4O. The first kappa shape index (κ1) is 24.5. The molecule has 5 aromatic rings. The molecule has 1 N–H and O–H groups in total. The van der Waals surface area contributed by atoms with Crippen LogP contribution < -0.4 is 5.32 Å². The van der Waals surface area contributed by atoms with E-state index in [0.717, 1.165) is 45.5 Å². The number of hydrogen-bond donors (Lipinski definition) is 1. The Bertz CT molecular complexity index is 1520. The number of fused-ring (bicyclic) bond motifs is 1. The average Bonchev–Trinajstić information content (AvgIpc) is 2.93. The van der Waals surface area contributed by atoms with Gasteiger partial charge in [-0.05, 0) is 77.7 Å². The largest absolute Gasteiger partial charge is 0.340 e. The van der Waals surface area contributed by atoms with Gasteiger partial charge in [-0.1, -0.05) is 61.0 Å². The van der Waals surface area contributed by atoms with Gasteiger partial charge in [0.15, 0.2) is 0 Å². The molecule has 0 unspecified atom stereocenters. The van der Waals surface area contributed by atoms with Crippen LogP contribution in [0.2, 0.25) is 5.02 Å². The molecule has 184 valence electrons. The Kier molecular flexibility index (Phi) is 7.43. The number of nitrogens with zero attached hydrogens (tertiary/aromatic N) is 3. The molecule has 1 amide bonds. The maximum absolute atomic E-state index is 13.2. The van der Waals surface area contributed by atoms with Crippen molar-refractivity contribution in [3.05, 3.63) is 120 Å². The van der Waals surface area contributed by atoms with E-state index in [0.29, 0.717) is 23.7 Å². The minimum atomic E-state index is 0.00315. The van der Waals surface area contributed by atoms with Gasteiger partial charge in [-0.3, -0.25) is 4.79 Å². The molecule has 0 aliphatic rings. The van der Waals surface area contributed by atoms with Crippen LogP contribution in [0.25, 0.3) is 22.0 Å². The molecule has 6 heteroatoms. The third-order valence-corrected chi connectivity index (χ3v) is 6.43. The fourth-order valence-corrected chi connectivity index (χ4v) is 4.49. The fourth-order valence-electron chi connectivity index (χ4n) is 4.36. The van der Waals surface area contributed by atoms with Crippen molar-refractivity contribution in [2.45, 2.75) is 19.9 Å². The van der Waals surface area contributed by atoms with E-state index in [-0.39, 0.29) is 5.91 Å². The SMILES string of the molecule is CCCN(Cc1cccc(-c2ccc3ncnc(Nc4ccccc4)c3c2)c1)C(=O)c1ccc(Cl)cc1. The zero-order chi connectivity index (χ0) is 25.6. The highest BCUT2D eigenvalue weighted by Gasteiger charge is 2.16. The molecule has 5 nitrogen and oxygen atoms in total. The zero-order valence-corrected chi connectivity index (χ0v) is 21.3. The van der Waals surface area contributed by atoms with Crippen LogP contribution in [0.3, 0.4) is 0 Å². The van der Waals surface area contributed by atoms with Crippen molar-refractivity contribution in [1.29, 1.82) is 0 Å². The molecule has 4 aromatic carbocycles. The van der Waals surface area contributed by atoms with Gasteiger partial charge in [-0.15, -0.1) is 0 Å². The first-order chi connectivity index (χ1) is 18.1. The minimum absolute atomic E-state index is 0.00315. The van der Waals surface area contributed by atoms with Crippen LogP contribution in [-0.4, -0.2) is 27.3 Å². The lowest BCUT2D eigenvalue weighted by Gasteiger charge is -2.23. The predicted octanol–water partition coefficient (Wildman–Crippen LogP) is 7.75. The van der Waals surface area contributed by atoms with Crippen molar-refractivity contribution in [1.82, 2.24) is 14.9 Å². The van der Waals surface area contributed by atoms with E-state index in [1.54, 1.807) is 30.6 Å². The monoisotopic (exact) mass is 506 g/mol. The highest BCUT2D eigenvalue weighted by Crippen LogP contribution is 2.29. The predicted molar refractivity (Wildman–Crippen MR) is 151 cm³/mol. The van der Waals surface area contributed by atoms with Crippen LogP contribution in [0, 0.1) is 0 Å². The molecule has 0 radical (unpaired) electrons. The zero-order valence-electron chi connectivity index (χ0n) is 20.6. The molecule has 0 aliphatic heterocycles. The summed E-state index contributed by atoms with van der Waals surface area (Å²) in [7, 11) is 0. The molecule has 1 aromatic heterocycles. The van der Waals surface area contributed by atoms with Crippen LogP contribution >= 0.6 is 11.6 Å². The number of carbonyl (C=O) groups excluding carboxylic acids is 1. The van der Waals surface area contributed by atoms with Gasteiger partial charge in [0, 0.05) is 34.7 Å². The normalized spacial score (nSPS) is 10.9. The van der Waals surface area contributed by atoms with Gasteiger partial charge in [-0.25, -0.2) is 9.97 Å². The third-order valence-electron chi connectivity index (χ3n) is 6.18. The summed E-state index contributed by atoms with van der Waals surface area (Å²) in [5, 5.41) is 4.97. The number of rotatable bonds is 8. The molecule has 1 heterocycles. The number of carbonyl (C=O) groups is 1. The van der Waals surface area contributed by atoms with Crippen LogP contribution in [0.1, 0.15) is 29.3 Å². The van der Waals surface area contributed by atoms with Crippen molar-refractivity contribution in [3.63, 3.8) is 0 Å². The van der Waals surface area contributed by atoms with Gasteiger partial charge in [0.2, 0.25) is 0 Å². The summed E-state index contributed by atoms with van der Waals surface area (Å²) < 4.78 is 0. The van der Waals surface area contributed by atoms with E-state index in [4.69, 9.17) is 11.6 Å². The quantitative estimate of drug-likeness (QED) is 0.234.